The van der Waals surface area contributed by atoms with Crippen LogP contribution in [0.1, 0.15) is 26.3 Å². The Balaban J connectivity index is 2.82. The zero-order valence-corrected chi connectivity index (χ0v) is 13.7. The molecule has 0 aliphatic heterocycles. The lowest BCUT2D eigenvalue weighted by atomic mass is 10.1. The molecule has 0 aliphatic carbocycles. The van der Waals surface area contributed by atoms with Crippen LogP contribution in [0.5, 0.6) is 0 Å². The molecule has 1 rings (SSSR count). The number of ether oxygens (including phenoxy) is 2. The van der Waals surface area contributed by atoms with Crippen molar-refractivity contribution in [3.63, 3.8) is 0 Å². The molecule has 1 aromatic carbocycles. The number of esters is 1. The van der Waals surface area contributed by atoms with Crippen LogP contribution in [0.3, 0.4) is 0 Å². The van der Waals surface area contributed by atoms with Gasteiger partial charge in [-0.05, 0) is 38.5 Å². The predicted molar refractivity (Wildman–Crippen MR) is 80.3 cm³/mol. The number of amides is 1. The van der Waals surface area contributed by atoms with Crippen molar-refractivity contribution in [3.05, 3.63) is 34.6 Å². The third-order valence-corrected chi connectivity index (χ3v) is 2.91. The molecule has 22 heavy (non-hydrogen) atoms. The number of carbonyl (C=O) groups is 2. The summed E-state index contributed by atoms with van der Waals surface area (Å²) in [5.74, 6) is -1.25. The van der Waals surface area contributed by atoms with Gasteiger partial charge in [-0.2, -0.15) is 0 Å². The Morgan fingerprint density at radius 2 is 2.00 bits per heavy atom. The molecule has 0 saturated carbocycles. The lowest BCUT2D eigenvalue weighted by molar-refractivity contribution is -0.143. The van der Waals surface area contributed by atoms with E-state index in [0.29, 0.717) is 5.56 Å². The van der Waals surface area contributed by atoms with E-state index in [0.717, 1.165) is 0 Å². The molecule has 1 atom stereocenters. The molecule has 0 aliphatic rings. The van der Waals surface area contributed by atoms with Crippen molar-refractivity contribution in [1.29, 1.82) is 0 Å². The summed E-state index contributed by atoms with van der Waals surface area (Å²) in [4.78, 5) is 23.5. The number of halogens is 2. The van der Waals surface area contributed by atoms with Crippen LogP contribution in [0.4, 0.5) is 9.18 Å². The van der Waals surface area contributed by atoms with Gasteiger partial charge in [-0.3, -0.25) is 0 Å². The van der Waals surface area contributed by atoms with Crippen molar-refractivity contribution in [3.8, 4) is 0 Å². The maximum absolute atomic E-state index is 13.4. The molecule has 0 bridgehead atoms. The molecule has 0 radical (unpaired) electrons. The van der Waals surface area contributed by atoms with E-state index in [4.69, 9.17) is 16.3 Å². The highest BCUT2D eigenvalue weighted by Gasteiger charge is 2.25. The molecule has 0 fully saturated rings. The summed E-state index contributed by atoms with van der Waals surface area (Å²) in [6.07, 6.45) is -0.697. The van der Waals surface area contributed by atoms with Crippen molar-refractivity contribution in [2.75, 3.05) is 7.11 Å². The molecule has 0 heterocycles. The van der Waals surface area contributed by atoms with E-state index >= 15 is 0 Å². The second-order valence-electron chi connectivity index (χ2n) is 5.67. The fraction of sp³-hybridized carbons (Fsp3) is 0.467. The van der Waals surface area contributed by atoms with Crippen molar-refractivity contribution < 1.29 is 23.5 Å². The summed E-state index contributed by atoms with van der Waals surface area (Å²) in [7, 11) is 1.20. The van der Waals surface area contributed by atoms with Gasteiger partial charge in [0.15, 0.2) is 0 Å². The monoisotopic (exact) mass is 331 g/mol. The van der Waals surface area contributed by atoms with Crippen molar-refractivity contribution in [2.24, 2.45) is 0 Å². The second kappa shape index (κ2) is 7.45. The Bertz CT molecular complexity index is 557. The topological polar surface area (TPSA) is 64.6 Å². The smallest absolute Gasteiger partial charge is 0.408 e. The maximum Gasteiger partial charge on any atom is 0.408 e. The van der Waals surface area contributed by atoms with Crippen LogP contribution in [0.15, 0.2) is 18.2 Å². The summed E-state index contributed by atoms with van der Waals surface area (Å²) in [5.41, 5.74) is -0.203. The van der Waals surface area contributed by atoms with Crippen LogP contribution >= 0.6 is 11.6 Å². The standard InChI is InChI=1S/C15H19ClFNO4/c1-15(2,3)22-14(20)18-12(13(19)21-4)8-9-5-6-10(16)11(17)7-9/h5-7,12H,8H2,1-4H3,(H,18,20)/t12-/m0/s1. The molecule has 0 spiro atoms. The van der Waals surface area contributed by atoms with Gasteiger partial charge in [0.1, 0.15) is 17.5 Å². The SMILES string of the molecule is COC(=O)[C@H](Cc1ccc(Cl)c(F)c1)NC(=O)OC(C)(C)C. The molecule has 0 saturated heterocycles. The highest BCUT2D eigenvalue weighted by Crippen LogP contribution is 2.17. The largest absolute Gasteiger partial charge is 0.467 e. The van der Waals surface area contributed by atoms with E-state index in [1.807, 2.05) is 0 Å². The van der Waals surface area contributed by atoms with E-state index in [2.05, 4.69) is 10.1 Å². The van der Waals surface area contributed by atoms with Crippen LogP contribution in [0, 0.1) is 5.82 Å². The van der Waals surface area contributed by atoms with Crippen molar-refractivity contribution >= 4 is 23.7 Å². The fourth-order valence-corrected chi connectivity index (χ4v) is 1.81. The van der Waals surface area contributed by atoms with E-state index in [1.165, 1.54) is 19.2 Å². The Kier molecular flexibility index (Phi) is 6.17. The number of rotatable bonds is 4. The number of carbonyl (C=O) groups excluding carboxylic acids is 2. The molecule has 1 amide bonds. The van der Waals surface area contributed by atoms with E-state index in [9.17, 15) is 14.0 Å². The maximum atomic E-state index is 13.4. The molecular weight excluding hydrogens is 313 g/mol. The number of methoxy groups -OCH3 is 1. The third-order valence-electron chi connectivity index (χ3n) is 2.60. The summed E-state index contributed by atoms with van der Waals surface area (Å²) in [6, 6.07) is 3.17. The Morgan fingerprint density at radius 1 is 1.36 bits per heavy atom. The number of alkyl carbamates (subject to hydrolysis) is 1. The van der Waals surface area contributed by atoms with Gasteiger partial charge in [-0.15, -0.1) is 0 Å². The van der Waals surface area contributed by atoms with E-state index in [1.54, 1.807) is 26.8 Å². The first kappa shape index (κ1) is 18.2. The molecule has 1 aromatic rings. The van der Waals surface area contributed by atoms with Gasteiger partial charge in [0.05, 0.1) is 12.1 Å². The molecule has 7 heteroatoms. The summed E-state index contributed by atoms with van der Waals surface area (Å²) in [5, 5.41) is 2.40. The van der Waals surface area contributed by atoms with Crippen LogP contribution in [0.25, 0.3) is 0 Å². The van der Waals surface area contributed by atoms with Gasteiger partial charge in [-0.1, -0.05) is 17.7 Å². The first-order valence-electron chi connectivity index (χ1n) is 6.63. The van der Waals surface area contributed by atoms with Gasteiger partial charge in [0.2, 0.25) is 0 Å². The van der Waals surface area contributed by atoms with Gasteiger partial charge >= 0.3 is 12.1 Å². The zero-order valence-electron chi connectivity index (χ0n) is 12.9. The predicted octanol–water partition coefficient (Wildman–Crippen LogP) is 3.09. The first-order valence-corrected chi connectivity index (χ1v) is 7.01. The molecule has 0 unspecified atom stereocenters. The number of nitrogens with one attached hydrogen (secondary N) is 1. The fourth-order valence-electron chi connectivity index (χ4n) is 1.69. The van der Waals surface area contributed by atoms with Crippen molar-refractivity contribution in [2.45, 2.75) is 38.8 Å². The van der Waals surface area contributed by atoms with Crippen molar-refractivity contribution in [1.82, 2.24) is 5.32 Å². The lowest BCUT2D eigenvalue weighted by Gasteiger charge is -2.22. The summed E-state index contributed by atoms with van der Waals surface area (Å²) >= 11 is 5.61. The molecule has 122 valence electrons. The molecule has 5 nitrogen and oxygen atoms in total. The summed E-state index contributed by atoms with van der Waals surface area (Å²) < 4.78 is 23.2. The highest BCUT2D eigenvalue weighted by atomic mass is 35.5. The quantitative estimate of drug-likeness (QED) is 0.861. The number of hydrogen-bond acceptors (Lipinski definition) is 4. The Labute approximate surface area is 133 Å². The van der Waals surface area contributed by atoms with Crippen LogP contribution in [0.2, 0.25) is 5.02 Å². The van der Waals surface area contributed by atoms with Crippen LogP contribution < -0.4 is 5.32 Å². The van der Waals surface area contributed by atoms with Gasteiger partial charge < -0.3 is 14.8 Å². The average Bonchev–Trinajstić information content (AvgIpc) is 2.39. The number of benzene rings is 1. The highest BCUT2D eigenvalue weighted by molar-refractivity contribution is 6.30. The molecule has 0 aromatic heterocycles. The van der Waals surface area contributed by atoms with Gasteiger partial charge in [-0.25, -0.2) is 14.0 Å². The van der Waals surface area contributed by atoms with E-state index < -0.39 is 29.5 Å². The first-order chi connectivity index (χ1) is 10.1. The third kappa shape index (κ3) is 5.89. The number of hydrogen-bond donors (Lipinski definition) is 1. The van der Waals surface area contributed by atoms with Crippen LogP contribution in [-0.4, -0.2) is 30.8 Å². The minimum atomic E-state index is -0.986. The molecule has 1 N–H and O–H groups in total. The molecular formula is C15H19ClFNO4. The average molecular weight is 332 g/mol. The lowest BCUT2D eigenvalue weighted by Crippen LogP contribution is -2.45. The zero-order chi connectivity index (χ0) is 16.9. The van der Waals surface area contributed by atoms with E-state index in [-0.39, 0.29) is 11.4 Å². The Hall–Kier alpha value is -1.82. The van der Waals surface area contributed by atoms with Crippen LogP contribution in [-0.2, 0) is 20.7 Å². The summed E-state index contributed by atoms with van der Waals surface area (Å²) in [6.45, 7) is 5.11. The Morgan fingerprint density at radius 3 is 2.50 bits per heavy atom. The normalized spacial score (nSPS) is 12.5. The minimum absolute atomic E-state index is 0.0153. The van der Waals surface area contributed by atoms with Gasteiger partial charge in [0, 0.05) is 6.42 Å². The van der Waals surface area contributed by atoms with Gasteiger partial charge in [0.25, 0.3) is 0 Å². The minimum Gasteiger partial charge on any atom is -0.467 e. The second-order valence-corrected chi connectivity index (χ2v) is 6.08.